The highest BCUT2D eigenvalue weighted by atomic mass is 33.1. The number of esters is 10. The Balaban J connectivity index is 2.66. The molecule has 28 heteroatoms. The monoisotopic (exact) mass is 1070 g/mol. The number of methoxy groups -OCH3 is 2. The van der Waals surface area contributed by atoms with E-state index in [2.05, 4.69) is 10.6 Å². The lowest BCUT2D eigenvalue weighted by molar-refractivity contribution is -0.243. The van der Waals surface area contributed by atoms with E-state index in [1.54, 1.807) is 0 Å². The fourth-order valence-corrected chi connectivity index (χ4v) is 10.8. The third-order valence-electron chi connectivity index (χ3n) is 10.4. The fraction of sp³-hybridized carbons (Fsp3) is 0.727. The van der Waals surface area contributed by atoms with Crippen molar-refractivity contribution >= 4 is 93.1 Å². The Morgan fingerprint density at radius 2 is 0.944 bits per heavy atom. The molecule has 2 N–H and O–H groups in total. The molecule has 2 aliphatic rings. The second-order valence-corrected chi connectivity index (χ2v) is 19.1. The van der Waals surface area contributed by atoms with Crippen LogP contribution in [-0.2, 0) is 114 Å². The van der Waals surface area contributed by atoms with Crippen LogP contribution in [0.4, 0.5) is 0 Å². The number of hydrogen-bond acceptors (Lipinski definition) is 26. The predicted molar refractivity (Wildman–Crippen MR) is 244 cm³/mol. The molecule has 2 saturated heterocycles. The zero-order valence-corrected chi connectivity index (χ0v) is 43.7. The fourth-order valence-electron chi connectivity index (χ4n) is 7.98. The van der Waals surface area contributed by atoms with Crippen LogP contribution in [0.2, 0.25) is 0 Å². The Morgan fingerprint density at radius 3 is 1.32 bits per heavy atom. The molecule has 2 aliphatic heterocycles. The molecule has 2 rings (SSSR count). The second kappa shape index (κ2) is 29.1. The predicted octanol–water partition coefficient (Wildman–Crippen LogP) is 0.623. The van der Waals surface area contributed by atoms with E-state index in [9.17, 15) is 57.5 Å². The lowest BCUT2D eigenvalue weighted by Crippen LogP contribution is -2.68. The largest absolute Gasteiger partial charge is 0.467 e. The number of hydrogen-bond donors (Lipinski definition) is 2. The highest BCUT2D eigenvalue weighted by Gasteiger charge is 2.60. The van der Waals surface area contributed by atoms with Gasteiger partial charge in [-0.15, -0.1) is 0 Å². The van der Waals surface area contributed by atoms with Crippen molar-refractivity contribution in [3.05, 3.63) is 0 Å². The minimum Gasteiger partial charge on any atom is -0.467 e. The van der Waals surface area contributed by atoms with E-state index < -0.39 is 169 Å². The number of carbonyl (C=O) groups excluding carboxylic acids is 12. The van der Waals surface area contributed by atoms with Crippen molar-refractivity contribution in [3.8, 4) is 0 Å². The third-order valence-corrected chi connectivity index (χ3v) is 13.3. The maximum absolute atomic E-state index is 14.0. The zero-order valence-electron chi connectivity index (χ0n) is 42.0. The van der Waals surface area contributed by atoms with Gasteiger partial charge in [-0.05, 0) is 30.1 Å². The summed E-state index contributed by atoms with van der Waals surface area (Å²) in [6.45, 7) is 9.21. The Labute approximate surface area is 422 Å². The number of rotatable bonds is 25. The van der Waals surface area contributed by atoms with Crippen molar-refractivity contribution in [2.24, 2.45) is 0 Å². The van der Waals surface area contributed by atoms with Crippen LogP contribution in [0.15, 0.2) is 0 Å². The molecule has 0 unspecified atom stereocenters. The van der Waals surface area contributed by atoms with E-state index >= 15 is 0 Å². The molecule has 0 aromatic heterocycles. The number of amides is 2. The van der Waals surface area contributed by atoms with E-state index in [0.717, 1.165) is 105 Å². The summed E-state index contributed by atoms with van der Waals surface area (Å²) in [5, 5.41) is 5.21. The molecule has 12 atom stereocenters. The van der Waals surface area contributed by atoms with Crippen molar-refractivity contribution in [2.45, 2.75) is 173 Å². The number of ether oxygens (including phenoxy) is 12. The number of nitrogens with one attached hydrogen (secondary N) is 2. The minimum atomic E-state index is -2.14. The molecule has 0 radical (unpaired) electrons. The molecule has 0 saturated carbocycles. The molecule has 26 nitrogen and oxygen atoms in total. The average Bonchev–Trinajstić information content (AvgIpc) is 3.26. The zero-order chi connectivity index (χ0) is 54.7. The molecule has 406 valence electrons. The Bertz CT molecular complexity index is 1870. The van der Waals surface area contributed by atoms with Crippen LogP contribution in [0, 0.1) is 0 Å². The van der Waals surface area contributed by atoms with Crippen molar-refractivity contribution in [1.82, 2.24) is 10.6 Å². The van der Waals surface area contributed by atoms with Crippen molar-refractivity contribution in [1.29, 1.82) is 0 Å². The van der Waals surface area contributed by atoms with E-state index in [1.165, 1.54) is 0 Å². The lowest BCUT2D eigenvalue weighted by atomic mass is 9.80. The molecule has 0 aromatic rings. The Hall–Kier alpha value is -5.74. The topological polar surface area (TPSA) is 340 Å². The summed E-state index contributed by atoms with van der Waals surface area (Å²) in [6, 6.07) is -2.77. The molecule has 0 bridgehead atoms. The van der Waals surface area contributed by atoms with Gasteiger partial charge < -0.3 is 67.5 Å². The van der Waals surface area contributed by atoms with Gasteiger partial charge in [-0.3, -0.25) is 47.9 Å². The average molecular weight is 1070 g/mol. The number of unbranched alkanes of at least 4 members (excludes halogenated alkanes) is 1. The van der Waals surface area contributed by atoms with Gasteiger partial charge in [-0.25, -0.2) is 9.59 Å². The van der Waals surface area contributed by atoms with Crippen LogP contribution in [0.3, 0.4) is 0 Å². The van der Waals surface area contributed by atoms with E-state index in [0.29, 0.717) is 0 Å². The molecule has 2 fully saturated rings. The SMILES string of the molecule is COC(=O)[C@@]1(CCCCSS[C@]2(C(=O)OC)C[C@H](OC(C)=O)[C@@H](NC(C)=O)[C@H]([C@H](OC(C)=O)[C@@H](COC(C)=O)OC(C)=O)O2)C[C@H](OC(C)=O)[C@@H](NC(C)=O)[C@H]([C@H](OC(C)=O)[C@@H](COC(C)=O)OC(C)=O)O1. The standard InChI is InChI=1S/C44H64N2O24S2/c1-21(47)45-35-31(63-25(5)51)17-43(41(57)59-11,69-39(35)37(67-29(9)55)33(65-27(7)53)19-61-23(3)49)15-13-14-16-71-72-44(42(58)60-12)18-32(64-26(6)52)36(46-22(2)48)40(70-44)38(68-30(10)56)34(66-28(8)54)20-62-24(4)50/h31-40H,13-20H2,1-12H3,(H,45,47)(H,46,48)/t31-,32-,33+,34+,35+,36+,37+,38+,39+,40+,43+,44-/m0/s1. The van der Waals surface area contributed by atoms with Gasteiger partial charge in [0.1, 0.15) is 37.6 Å². The first-order valence-corrected chi connectivity index (χ1v) is 24.6. The normalized spacial score (nSPS) is 25.2. The lowest BCUT2D eigenvalue weighted by Gasteiger charge is -2.49. The van der Waals surface area contributed by atoms with Crippen LogP contribution in [0.5, 0.6) is 0 Å². The summed E-state index contributed by atoms with van der Waals surface area (Å²) < 4.78 is 66.9. The van der Waals surface area contributed by atoms with Gasteiger partial charge in [0.25, 0.3) is 0 Å². The van der Waals surface area contributed by atoms with Crippen LogP contribution in [-0.4, -0.2) is 176 Å². The first kappa shape index (κ1) is 62.4. The molecule has 2 heterocycles. The van der Waals surface area contributed by atoms with Gasteiger partial charge in [-0.2, -0.15) is 0 Å². The molecular weight excluding hydrogens is 1000 g/mol. The Morgan fingerprint density at radius 1 is 0.528 bits per heavy atom. The molecule has 72 heavy (non-hydrogen) atoms. The van der Waals surface area contributed by atoms with Crippen molar-refractivity contribution in [3.63, 3.8) is 0 Å². The highest BCUT2D eigenvalue weighted by Crippen LogP contribution is 2.48. The molecule has 2 amide bonds. The first-order valence-electron chi connectivity index (χ1n) is 22.3. The highest BCUT2D eigenvalue weighted by molar-refractivity contribution is 8.77. The third kappa shape index (κ3) is 19.4. The summed E-state index contributed by atoms with van der Waals surface area (Å²) in [6.07, 6.45) is -13.6. The van der Waals surface area contributed by atoms with Crippen molar-refractivity contribution in [2.75, 3.05) is 33.2 Å². The smallest absolute Gasteiger partial charge is 0.349 e. The van der Waals surface area contributed by atoms with Gasteiger partial charge in [0.15, 0.2) is 30.0 Å². The van der Waals surface area contributed by atoms with Gasteiger partial charge in [0.2, 0.25) is 16.7 Å². The molecular formula is C44H64N2O24S2. The summed E-state index contributed by atoms with van der Waals surface area (Å²) in [5.74, 6) is -10.3. The van der Waals surface area contributed by atoms with Crippen LogP contribution >= 0.6 is 21.6 Å². The summed E-state index contributed by atoms with van der Waals surface area (Å²) in [4.78, 5) is 150. The van der Waals surface area contributed by atoms with Crippen LogP contribution in [0.1, 0.15) is 101 Å². The molecule has 0 spiro atoms. The second-order valence-electron chi connectivity index (χ2n) is 16.5. The molecule has 0 aliphatic carbocycles. The van der Waals surface area contributed by atoms with Crippen LogP contribution < -0.4 is 10.6 Å². The first-order chi connectivity index (χ1) is 33.6. The van der Waals surface area contributed by atoms with Gasteiger partial charge >= 0.3 is 59.7 Å². The van der Waals surface area contributed by atoms with Crippen LogP contribution in [0.25, 0.3) is 0 Å². The minimum absolute atomic E-state index is 0.0934. The van der Waals surface area contributed by atoms with Crippen molar-refractivity contribution < 1.29 is 114 Å². The summed E-state index contributed by atoms with van der Waals surface area (Å²) in [7, 11) is 3.91. The van der Waals surface area contributed by atoms with Gasteiger partial charge in [0.05, 0.1) is 26.3 Å². The maximum Gasteiger partial charge on any atom is 0.349 e. The molecule has 0 aromatic carbocycles. The quantitative estimate of drug-likeness (QED) is 0.0548. The summed E-state index contributed by atoms with van der Waals surface area (Å²) >= 11 is 0. The number of carbonyl (C=O) groups is 12. The summed E-state index contributed by atoms with van der Waals surface area (Å²) in [5.41, 5.74) is -2.04. The van der Waals surface area contributed by atoms with E-state index in [4.69, 9.17) is 56.8 Å². The van der Waals surface area contributed by atoms with E-state index in [-0.39, 0.29) is 25.0 Å². The van der Waals surface area contributed by atoms with Gasteiger partial charge in [0, 0.05) is 87.8 Å². The van der Waals surface area contributed by atoms with E-state index in [1.807, 2.05) is 0 Å². The van der Waals surface area contributed by atoms with Gasteiger partial charge in [-0.1, -0.05) is 10.8 Å². The maximum atomic E-state index is 14.0. The Kier molecular flexibility index (Phi) is 25.2.